The van der Waals surface area contributed by atoms with E-state index in [1.807, 2.05) is 0 Å². The maximum Gasteiger partial charge on any atom is 0.340 e. The van der Waals surface area contributed by atoms with Crippen LogP contribution in [0, 0.1) is 0 Å². The van der Waals surface area contributed by atoms with E-state index in [1.54, 1.807) is 45.0 Å². The number of amides is 1. The number of hydroxylamine groups is 1. The topological polar surface area (TPSA) is 143 Å². The molecular weight excluding hydrogens is 432 g/mol. The van der Waals surface area contributed by atoms with Gasteiger partial charge in [-0.1, -0.05) is 24.3 Å². The minimum atomic E-state index is -0.656. The maximum atomic E-state index is 12.5. The van der Waals surface area contributed by atoms with Gasteiger partial charge in [0.05, 0.1) is 56.1 Å². The van der Waals surface area contributed by atoms with Crippen molar-refractivity contribution in [3.05, 3.63) is 41.0 Å². The molecule has 0 saturated heterocycles. The highest BCUT2D eigenvalue weighted by molar-refractivity contribution is 6.15. The summed E-state index contributed by atoms with van der Waals surface area (Å²) in [5, 5.41) is 0. The normalized spacial score (nSPS) is 10.5. The number of rotatable bonds is 11. The van der Waals surface area contributed by atoms with Gasteiger partial charge in [0.25, 0.3) is 0 Å². The number of hydrogen-bond donors (Lipinski definition) is 2. The Kier molecular flexibility index (Phi) is 9.62. The van der Waals surface area contributed by atoms with Crippen molar-refractivity contribution in [3.63, 3.8) is 0 Å². The summed E-state index contributed by atoms with van der Waals surface area (Å²) in [6.07, 6.45) is -0.0341. The number of nitrogens with two attached hydrogens (primary N) is 1. The fraction of sp³-hybridized carbons (Fsp3) is 0.391. The third kappa shape index (κ3) is 6.66. The molecule has 3 N–H and O–H groups in total. The van der Waals surface area contributed by atoms with Crippen molar-refractivity contribution >= 4 is 29.5 Å². The highest BCUT2D eigenvalue weighted by atomic mass is 16.7. The van der Waals surface area contributed by atoms with Crippen molar-refractivity contribution < 1.29 is 38.2 Å². The van der Waals surface area contributed by atoms with Crippen molar-refractivity contribution in [2.45, 2.75) is 33.6 Å². The SMILES string of the molecule is CCOC(=O)CCONC(=O)Cc1ccc2c(C(=O)OCC)c(N)c(C(=O)OCC)c-2cc1. The number of carbonyl (C=O) groups excluding carboxylic acids is 4. The summed E-state index contributed by atoms with van der Waals surface area (Å²) in [6, 6.07) is 6.48. The molecule has 33 heavy (non-hydrogen) atoms. The van der Waals surface area contributed by atoms with Gasteiger partial charge in [-0.25, -0.2) is 15.1 Å². The lowest BCUT2D eigenvalue weighted by molar-refractivity contribution is -0.147. The summed E-state index contributed by atoms with van der Waals surface area (Å²) >= 11 is 0. The van der Waals surface area contributed by atoms with Gasteiger partial charge in [-0.05, 0) is 37.5 Å². The van der Waals surface area contributed by atoms with Gasteiger partial charge in [0.2, 0.25) is 5.91 Å². The molecule has 0 aromatic rings. The lowest BCUT2D eigenvalue weighted by Gasteiger charge is -2.05. The van der Waals surface area contributed by atoms with Crippen molar-refractivity contribution in [3.8, 4) is 11.1 Å². The van der Waals surface area contributed by atoms with Crippen LogP contribution in [0.25, 0.3) is 11.1 Å². The molecule has 1 amide bonds. The number of carbonyl (C=O) groups is 4. The van der Waals surface area contributed by atoms with E-state index in [9.17, 15) is 19.2 Å². The van der Waals surface area contributed by atoms with E-state index in [0.717, 1.165) is 0 Å². The Morgan fingerprint density at radius 1 is 0.818 bits per heavy atom. The molecule has 0 saturated carbocycles. The van der Waals surface area contributed by atoms with Gasteiger partial charge in [0.1, 0.15) is 0 Å². The number of nitrogen functional groups attached to an aromatic ring is 1. The van der Waals surface area contributed by atoms with E-state index in [2.05, 4.69) is 5.48 Å². The number of ether oxygens (including phenoxy) is 3. The first-order valence-corrected chi connectivity index (χ1v) is 10.6. The number of esters is 3. The third-order valence-electron chi connectivity index (χ3n) is 4.52. The average Bonchev–Trinajstić information content (AvgIpc) is 2.90. The van der Waals surface area contributed by atoms with Crippen molar-refractivity contribution in [1.29, 1.82) is 0 Å². The third-order valence-corrected chi connectivity index (χ3v) is 4.52. The van der Waals surface area contributed by atoms with Crippen LogP contribution in [0.4, 0.5) is 5.69 Å². The predicted octanol–water partition coefficient (Wildman–Crippen LogP) is 2.27. The summed E-state index contributed by atoms with van der Waals surface area (Å²) < 4.78 is 15.0. The second-order valence-electron chi connectivity index (χ2n) is 6.78. The smallest absolute Gasteiger partial charge is 0.340 e. The van der Waals surface area contributed by atoms with Crippen LogP contribution in [0.5, 0.6) is 0 Å². The zero-order valence-electron chi connectivity index (χ0n) is 18.9. The minimum Gasteiger partial charge on any atom is -0.466 e. The Labute approximate surface area is 191 Å². The Hall–Kier alpha value is -3.66. The van der Waals surface area contributed by atoms with E-state index in [0.29, 0.717) is 16.7 Å². The van der Waals surface area contributed by atoms with Gasteiger partial charge in [-0.2, -0.15) is 0 Å². The number of fused-ring (bicyclic) bond motifs is 1. The molecule has 0 unspecified atom stereocenters. The summed E-state index contributed by atoms with van der Waals surface area (Å²) in [6.45, 7) is 5.55. The van der Waals surface area contributed by atoms with Crippen molar-refractivity contribution in [2.24, 2.45) is 0 Å². The van der Waals surface area contributed by atoms with E-state index in [-0.39, 0.29) is 56.1 Å². The predicted molar refractivity (Wildman–Crippen MR) is 118 cm³/mol. The molecule has 2 aliphatic carbocycles. The molecule has 0 aromatic heterocycles. The summed E-state index contributed by atoms with van der Waals surface area (Å²) in [5.41, 5.74) is 9.93. The molecule has 0 heterocycles. The Bertz CT molecular complexity index is 933. The van der Waals surface area contributed by atoms with E-state index in [1.165, 1.54) is 0 Å². The van der Waals surface area contributed by atoms with Crippen LogP contribution in [0.3, 0.4) is 0 Å². The lowest BCUT2D eigenvalue weighted by atomic mass is 10.1. The summed E-state index contributed by atoms with van der Waals surface area (Å²) in [4.78, 5) is 53.5. The zero-order chi connectivity index (χ0) is 24.4. The Morgan fingerprint density at radius 2 is 1.33 bits per heavy atom. The van der Waals surface area contributed by atoms with Crippen LogP contribution >= 0.6 is 0 Å². The van der Waals surface area contributed by atoms with Gasteiger partial charge in [0, 0.05) is 0 Å². The number of anilines is 1. The fourth-order valence-electron chi connectivity index (χ4n) is 3.15. The van der Waals surface area contributed by atoms with Gasteiger partial charge < -0.3 is 19.9 Å². The molecule has 10 nitrogen and oxygen atoms in total. The van der Waals surface area contributed by atoms with Gasteiger partial charge in [-0.3, -0.25) is 14.4 Å². The molecule has 0 radical (unpaired) electrons. The quantitative estimate of drug-likeness (QED) is 0.223. The molecule has 0 fully saturated rings. The first-order valence-electron chi connectivity index (χ1n) is 10.6. The second kappa shape index (κ2) is 12.4. The second-order valence-corrected chi connectivity index (χ2v) is 6.78. The van der Waals surface area contributed by atoms with Crippen molar-refractivity contribution in [1.82, 2.24) is 5.48 Å². The van der Waals surface area contributed by atoms with Crippen LogP contribution in [-0.2, 0) is 35.1 Å². The first-order chi connectivity index (χ1) is 15.8. The lowest BCUT2D eigenvalue weighted by Crippen LogP contribution is -2.26. The standard InChI is InChI=1S/C23H28N2O8/c1-4-30-18(27)11-12-33-25-17(26)13-14-7-9-15-16(10-8-14)20(23(29)32-6-3)21(24)19(15)22(28)31-5-2/h7-10H,4-6,11-13,24H2,1-3H3,(H,25,26). The van der Waals surface area contributed by atoms with E-state index >= 15 is 0 Å². The van der Waals surface area contributed by atoms with Gasteiger partial charge in [0.15, 0.2) is 0 Å². The molecule has 0 atom stereocenters. The highest BCUT2D eigenvalue weighted by Gasteiger charge is 2.30. The van der Waals surface area contributed by atoms with Crippen LogP contribution in [0.15, 0.2) is 24.3 Å². The van der Waals surface area contributed by atoms with Crippen LogP contribution in [0.1, 0.15) is 53.5 Å². The van der Waals surface area contributed by atoms with E-state index < -0.39 is 23.8 Å². The van der Waals surface area contributed by atoms with Crippen LogP contribution in [0.2, 0.25) is 0 Å². The number of hydrogen-bond acceptors (Lipinski definition) is 9. The maximum absolute atomic E-state index is 12.5. The Balaban J connectivity index is 2.23. The van der Waals surface area contributed by atoms with Crippen LogP contribution in [-0.4, -0.2) is 50.2 Å². The number of nitrogens with one attached hydrogen (secondary N) is 1. The van der Waals surface area contributed by atoms with Crippen LogP contribution < -0.4 is 11.2 Å². The highest BCUT2D eigenvalue weighted by Crippen LogP contribution is 2.39. The largest absolute Gasteiger partial charge is 0.466 e. The molecule has 0 spiro atoms. The molecule has 0 aliphatic heterocycles. The molecule has 0 bridgehead atoms. The van der Waals surface area contributed by atoms with Gasteiger partial charge >= 0.3 is 17.9 Å². The minimum absolute atomic E-state index is 0.0117. The summed E-state index contributed by atoms with van der Waals surface area (Å²) in [5.74, 6) is -2.18. The molecular formula is C23H28N2O8. The summed E-state index contributed by atoms with van der Waals surface area (Å²) in [7, 11) is 0. The van der Waals surface area contributed by atoms with Gasteiger partial charge in [-0.15, -0.1) is 0 Å². The molecule has 2 aliphatic rings. The molecule has 2 rings (SSSR count). The first kappa shape index (κ1) is 25.6. The Morgan fingerprint density at radius 3 is 1.82 bits per heavy atom. The monoisotopic (exact) mass is 460 g/mol. The molecule has 10 heteroatoms. The molecule has 178 valence electrons. The average molecular weight is 460 g/mol. The zero-order valence-corrected chi connectivity index (χ0v) is 18.9. The van der Waals surface area contributed by atoms with E-state index in [4.69, 9.17) is 24.8 Å². The van der Waals surface area contributed by atoms with Crippen molar-refractivity contribution in [2.75, 3.05) is 32.2 Å². The molecule has 0 aromatic carbocycles. The fourth-order valence-corrected chi connectivity index (χ4v) is 3.15.